The lowest BCUT2D eigenvalue weighted by Gasteiger charge is -2.38. The van der Waals surface area contributed by atoms with Gasteiger partial charge in [-0.15, -0.1) is 0 Å². The van der Waals surface area contributed by atoms with Gasteiger partial charge >= 0.3 is 0 Å². The summed E-state index contributed by atoms with van der Waals surface area (Å²) < 4.78 is 6.12. The topological polar surface area (TPSA) is 69.2 Å². The molecule has 0 saturated carbocycles. The molecule has 7 heteroatoms. The van der Waals surface area contributed by atoms with Crippen LogP contribution in [0, 0.1) is 0 Å². The van der Waals surface area contributed by atoms with E-state index in [1.165, 1.54) is 5.56 Å². The second-order valence-electron chi connectivity index (χ2n) is 8.15. The summed E-state index contributed by atoms with van der Waals surface area (Å²) in [5, 5.41) is 7.00. The van der Waals surface area contributed by atoms with E-state index >= 15 is 0 Å². The molecule has 3 rings (SSSR count). The Hall–Kier alpha value is -2.28. The third kappa shape index (κ3) is 5.16. The van der Waals surface area contributed by atoms with Crippen molar-refractivity contribution in [1.29, 1.82) is 0 Å². The second kappa shape index (κ2) is 8.82. The zero-order valence-corrected chi connectivity index (χ0v) is 17.5. The number of fused-ring (bicyclic) bond motifs is 1. The number of carbonyl (C=O) groups excluding carboxylic acids is 1. The summed E-state index contributed by atoms with van der Waals surface area (Å²) in [4.78, 5) is 20.1. The van der Waals surface area contributed by atoms with Crippen molar-refractivity contribution in [3.8, 4) is 5.75 Å². The Morgan fingerprint density at radius 1 is 1.25 bits per heavy atom. The Balaban J connectivity index is 1.51. The number of aliphatic imine (C=N–C) groups is 1. The van der Waals surface area contributed by atoms with Gasteiger partial charge in [0, 0.05) is 65.2 Å². The van der Waals surface area contributed by atoms with E-state index in [2.05, 4.69) is 40.4 Å². The molecule has 28 heavy (non-hydrogen) atoms. The van der Waals surface area contributed by atoms with Gasteiger partial charge in [0.15, 0.2) is 5.96 Å². The van der Waals surface area contributed by atoms with Crippen molar-refractivity contribution in [1.82, 2.24) is 20.4 Å². The average Bonchev–Trinajstić information content (AvgIpc) is 2.66. The van der Waals surface area contributed by atoms with E-state index in [4.69, 9.17) is 4.74 Å². The molecule has 2 N–H and O–H groups in total. The normalized spacial score (nSPS) is 22.2. The molecule has 0 radical (unpaired) electrons. The van der Waals surface area contributed by atoms with Gasteiger partial charge in [0.1, 0.15) is 11.4 Å². The van der Waals surface area contributed by atoms with Crippen LogP contribution in [0.5, 0.6) is 5.75 Å². The number of benzene rings is 1. The predicted octanol–water partition coefficient (Wildman–Crippen LogP) is 1.62. The number of nitrogens with zero attached hydrogens (tertiary/aromatic N) is 3. The first kappa shape index (κ1) is 20.5. The van der Waals surface area contributed by atoms with Crippen molar-refractivity contribution in [3.05, 3.63) is 29.8 Å². The molecule has 1 aromatic carbocycles. The van der Waals surface area contributed by atoms with Crippen molar-refractivity contribution in [3.63, 3.8) is 0 Å². The third-order valence-corrected chi connectivity index (χ3v) is 5.45. The molecule has 0 aliphatic carbocycles. The summed E-state index contributed by atoms with van der Waals surface area (Å²) in [5.74, 6) is 1.91. The first-order valence-electron chi connectivity index (χ1n) is 10.1. The summed E-state index contributed by atoms with van der Waals surface area (Å²) in [6.45, 7) is 11.1. The van der Waals surface area contributed by atoms with Gasteiger partial charge in [-0.3, -0.25) is 14.7 Å². The smallest absolute Gasteiger partial charge is 0.219 e. The highest BCUT2D eigenvalue weighted by Crippen LogP contribution is 2.39. The largest absolute Gasteiger partial charge is 0.487 e. The number of ether oxygens (including phenoxy) is 1. The molecule has 0 spiro atoms. The number of nitrogens with one attached hydrogen (secondary N) is 2. The first-order chi connectivity index (χ1) is 13.4. The molecule has 1 saturated heterocycles. The van der Waals surface area contributed by atoms with Crippen molar-refractivity contribution in [2.75, 3.05) is 46.3 Å². The molecule has 7 nitrogen and oxygen atoms in total. The molecule has 2 aliphatic rings. The Bertz CT molecular complexity index is 711. The fraction of sp³-hybridized carbons (Fsp3) is 0.619. The molecule has 1 aromatic rings. The summed E-state index contributed by atoms with van der Waals surface area (Å²) in [5.41, 5.74) is 0.950. The SMILES string of the molecule is CN=C(NCCN1CCN(C(C)=O)CC1)NC1CC(C)(C)Oc2ccccc21. The quantitative estimate of drug-likeness (QED) is 0.607. The molecule has 0 aromatic heterocycles. The maximum absolute atomic E-state index is 11.4. The van der Waals surface area contributed by atoms with Gasteiger partial charge in [0.05, 0.1) is 6.04 Å². The van der Waals surface area contributed by atoms with E-state index < -0.39 is 0 Å². The lowest BCUT2D eigenvalue weighted by Crippen LogP contribution is -2.51. The number of hydrogen-bond acceptors (Lipinski definition) is 4. The second-order valence-corrected chi connectivity index (χ2v) is 8.15. The molecule has 154 valence electrons. The standard InChI is InChI=1S/C21H33N5O2/c1-16(27)26-13-11-25(12-14-26)10-9-23-20(22-4)24-18-15-21(2,3)28-19-8-6-5-7-17(18)19/h5-8,18H,9-15H2,1-4H3,(H2,22,23,24). The van der Waals surface area contributed by atoms with Crippen LogP contribution < -0.4 is 15.4 Å². The minimum Gasteiger partial charge on any atom is -0.487 e. The van der Waals surface area contributed by atoms with Crippen LogP contribution in [0.3, 0.4) is 0 Å². The Morgan fingerprint density at radius 3 is 2.64 bits per heavy atom. The van der Waals surface area contributed by atoms with E-state index in [0.29, 0.717) is 0 Å². The molecule has 1 fully saturated rings. The molecule has 1 atom stereocenters. The Labute approximate surface area is 168 Å². The molecule has 1 unspecified atom stereocenters. The highest BCUT2D eigenvalue weighted by molar-refractivity contribution is 5.80. The van der Waals surface area contributed by atoms with Crippen LogP contribution in [0.25, 0.3) is 0 Å². The van der Waals surface area contributed by atoms with Gasteiger partial charge in [0.25, 0.3) is 0 Å². The van der Waals surface area contributed by atoms with Gasteiger partial charge in [-0.1, -0.05) is 18.2 Å². The number of rotatable bonds is 4. The number of hydrogen-bond donors (Lipinski definition) is 2. The zero-order valence-electron chi connectivity index (χ0n) is 17.5. The van der Waals surface area contributed by atoms with Crippen LogP contribution in [-0.2, 0) is 4.79 Å². The van der Waals surface area contributed by atoms with Crippen LogP contribution >= 0.6 is 0 Å². The van der Waals surface area contributed by atoms with Gasteiger partial charge < -0.3 is 20.3 Å². The molecular weight excluding hydrogens is 354 g/mol. The van der Waals surface area contributed by atoms with Gasteiger partial charge in [-0.25, -0.2) is 0 Å². The fourth-order valence-electron chi connectivity index (χ4n) is 3.91. The molecule has 1 amide bonds. The molecule has 2 aliphatic heterocycles. The maximum Gasteiger partial charge on any atom is 0.219 e. The van der Waals surface area contributed by atoms with Crippen molar-refractivity contribution >= 4 is 11.9 Å². The third-order valence-electron chi connectivity index (χ3n) is 5.45. The highest BCUT2D eigenvalue weighted by atomic mass is 16.5. The van der Waals surface area contributed by atoms with Crippen molar-refractivity contribution in [2.45, 2.75) is 38.8 Å². The fourth-order valence-corrected chi connectivity index (χ4v) is 3.91. The van der Waals surface area contributed by atoms with Crippen molar-refractivity contribution < 1.29 is 9.53 Å². The number of guanidine groups is 1. The predicted molar refractivity (Wildman–Crippen MR) is 112 cm³/mol. The summed E-state index contributed by atoms with van der Waals surface area (Å²) in [7, 11) is 1.80. The minimum atomic E-state index is -0.221. The number of carbonyl (C=O) groups is 1. The number of amides is 1. The molecular formula is C21H33N5O2. The summed E-state index contributed by atoms with van der Waals surface area (Å²) in [6, 6.07) is 8.36. The molecule has 0 bridgehead atoms. The van der Waals surface area contributed by atoms with E-state index in [9.17, 15) is 4.79 Å². The van der Waals surface area contributed by atoms with E-state index in [0.717, 1.165) is 57.4 Å². The lowest BCUT2D eigenvalue weighted by atomic mass is 9.90. The van der Waals surface area contributed by atoms with E-state index in [1.54, 1.807) is 14.0 Å². The van der Waals surface area contributed by atoms with Crippen LogP contribution in [0.15, 0.2) is 29.3 Å². The van der Waals surface area contributed by atoms with Gasteiger partial charge in [0.2, 0.25) is 5.91 Å². The highest BCUT2D eigenvalue weighted by Gasteiger charge is 2.34. The lowest BCUT2D eigenvalue weighted by molar-refractivity contribution is -0.130. The van der Waals surface area contributed by atoms with Gasteiger partial charge in [-0.2, -0.15) is 0 Å². The van der Waals surface area contributed by atoms with Crippen LogP contribution in [0.1, 0.15) is 38.8 Å². The van der Waals surface area contributed by atoms with Gasteiger partial charge in [-0.05, 0) is 19.9 Å². The van der Waals surface area contributed by atoms with Crippen LogP contribution in [0.2, 0.25) is 0 Å². The van der Waals surface area contributed by atoms with Crippen LogP contribution in [0.4, 0.5) is 0 Å². The maximum atomic E-state index is 11.4. The Kier molecular flexibility index (Phi) is 6.44. The average molecular weight is 388 g/mol. The monoisotopic (exact) mass is 387 g/mol. The van der Waals surface area contributed by atoms with E-state index in [-0.39, 0.29) is 17.6 Å². The van der Waals surface area contributed by atoms with Crippen molar-refractivity contribution in [2.24, 2.45) is 4.99 Å². The number of para-hydroxylation sites is 1. The van der Waals surface area contributed by atoms with Crippen LogP contribution in [-0.4, -0.2) is 73.6 Å². The Morgan fingerprint density at radius 2 is 1.96 bits per heavy atom. The number of piperazine rings is 1. The summed E-state index contributed by atoms with van der Waals surface area (Å²) in [6.07, 6.45) is 0.873. The molecule has 2 heterocycles. The van der Waals surface area contributed by atoms with E-state index in [1.807, 2.05) is 23.1 Å². The minimum absolute atomic E-state index is 0.158. The first-order valence-corrected chi connectivity index (χ1v) is 10.1. The summed E-state index contributed by atoms with van der Waals surface area (Å²) >= 11 is 0. The zero-order chi connectivity index (χ0) is 20.1.